The van der Waals surface area contributed by atoms with E-state index >= 15 is 0 Å². The van der Waals surface area contributed by atoms with Crippen LogP contribution in [0, 0.1) is 19.7 Å². The van der Waals surface area contributed by atoms with Gasteiger partial charge in [-0.3, -0.25) is 9.59 Å². The number of methoxy groups -OCH3 is 1. The summed E-state index contributed by atoms with van der Waals surface area (Å²) in [5.74, 6) is -0.938. The van der Waals surface area contributed by atoms with Crippen molar-refractivity contribution in [2.75, 3.05) is 27.3 Å². The SMILES string of the molecule is COCC(=O)N(C)CC(=O)N1N=C(c2ccc(C)c(C)c2)C[C@H]1c1ccc(F)cc1. The molecule has 7 heteroatoms. The van der Waals surface area contributed by atoms with Gasteiger partial charge in [0, 0.05) is 20.6 Å². The molecule has 2 aromatic rings. The summed E-state index contributed by atoms with van der Waals surface area (Å²) in [6, 6.07) is 11.8. The first kappa shape index (κ1) is 21.6. The van der Waals surface area contributed by atoms with Crippen LogP contribution in [0.25, 0.3) is 0 Å². The molecule has 0 saturated carbocycles. The van der Waals surface area contributed by atoms with Gasteiger partial charge >= 0.3 is 0 Å². The Balaban J connectivity index is 1.90. The van der Waals surface area contributed by atoms with Gasteiger partial charge in [-0.1, -0.05) is 24.3 Å². The zero-order valence-electron chi connectivity index (χ0n) is 17.7. The monoisotopic (exact) mass is 411 g/mol. The molecule has 0 bridgehead atoms. The van der Waals surface area contributed by atoms with E-state index in [4.69, 9.17) is 4.74 Å². The van der Waals surface area contributed by atoms with Crippen molar-refractivity contribution in [3.05, 3.63) is 70.5 Å². The van der Waals surface area contributed by atoms with Crippen molar-refractivity contribution in [3.63, 3.8) is 0 Å². The smallest absolute Gasteiger partial charge is 0.262 e. The van der Waals surface area contributed by atoms with E-state index in [0.717, 1.165) is 22.4 Å². The Morgan fingerprint density at radius 3 is 2.50 bits per heavy atom. The first-order valence-corrected chi connectivity index (χ1v) is 9.75. The Morgan fingerprint density at radius 1 is 1.17 bits per heavy atom. The first-order valence-electron chi connectivity index (χ1n) is 9.75. The van der Waals surface area contributed by atoms with E-state index in [-0.39, 0.29) is 36.8 Å². The van der Waals surface area contributed by atoms with E-state index in [1.165, 1.54) is 34.7 Å². The highest BCUT2D eigenvalue weighted by Crippen LogP contribution is 2.33. The lowest BCUT2D eigenvalue weighted by molar-refractivity contribution is -0.142. The summed E-state index contributed by atoms with van der Waals surface area (Å²) < 4.78 is 18.3. The third-order valence-corrected chi connectivity index (χ3v) is 5.33. The molecule has 0 unspecified atom stereocenters. The molecule has 30 heavy (non-hydrogen) atoms. The number of ether oxygens (including phenoxy) is 1. The van der Waals surface area contributed by atoms with Crippen LogP contribution >= 0.6 is 0 Å². The number of hydrogen-bond acceptors (Lipinski definition) is 4. The van der Waals surface area contributed by atoms with Crippen molar-refractivity contribution in [3.8, 4) is 0 Å². The van der Waals surface area contributed by atoms with Gasteiger partial charge in [-0.25, -0.2) is 9.40 Å². The zero-order valence-corrected chi connectivity index (χ0v) is 17.7. The quantitative estimate of drug-likeness (QED) is 0.733. The number of carbonyl (C=O) groups excluding carboxylic acids is 2. The van der Waals surface area contributed by atoms with Crippen LogP contribution in [0.4, 0.5) is 4.39 Å². The fourth-order valence-corrected chi connectivity index (χ4v) is 3.38. The normalized spacial score (nSPS) is 15.8. The van der Waals surface area contributed by atoms with E-state index in [1.807, 2.05) is 26.0 Å². The van der Waals surface area contributed by atoms with Crippen molar-refractivity contribution >= 4 is 17.5 Å². The third kappa shape index (κ3) is 4.74. The third-order valence-electron chi connectivity index (χ3n) is 5.33. The molecule has 0 saturated heterocycles. The molecule has 1 heterocycles. The van der Waals surface area contributed by atoms with E-state index in [1.54, 1.807) is 19.2 Å². The number of benzene rings is 2. The molecule has 0 N–H and O–H groups in total. The molecule has 0 aliphatic carbocycles. The Kier molecular flexibility index (Phi) is 6.62. The second-order valence-corrected chi connectivity index (χ2v) is 7.54. The van der Waals surface area contributed by atoms with Gasteiger partial charge in [0.2, 0.25) is 5.91 Å². The van der Waals surface area contributed by atoms with Crippen molar-refractivity contribution in [1.82, 2.24) is 9.91 Å². The largest absolute Gasteiger partial charge is 0.375 e. The van der Waals surface area contributed by atoms with Gasteiger partial charge in [0.25, 0.3) is 5.91 Å². The minimum atomic E-state index is -0.361. The number of carbonyl (C=O) groups is 2. The fourth-order valence-electron chi connectivity index (χ4n) is 3.38. The lowest BCUT2D eigenvalue weighted by Crippen LogP contribution is -2.40. The maximum absolute atomic E-state index is 13.4. The molecular weight excluding hydrogens is 385 g/mol. The van der Waals surface area contributed by atoms with Crippen LogP contribution in [0.5, 0.6) is 0 Å². The summed E-state index contributed by atoms with van der Waals surface area (Å²) in [6.45, 7) is 3.86. The summed E-state index contributed by atoms with van der Waals surface area (Å²) in [6.07, 6.45) is 0.510. The highest BCUT2D eigenvalue weighted by molar-refractivity contribution is 6.03. The summed E-state index contributed by atoms with van der Waals surface area (Å²) in [7, 11) is 2.98. The second-order valence-electron chi connectivity index (χ2n) is 7.54. The van der Waals surface area contributed by atoms with E-state index in [0.29, 0.717) is 6.42 Å². The number of halogens is 1. The Labute approximate surface area is 175 Å². The summed E-state index contributed by atoms with van der Waals surface area (Å²) in [5.41, 5.74) is 4.84. The molecular formula is C23H26FN3O3. The number of amides is 2. The van der Waals surface area contributed by atoms with Crippen molar-refractivity contribution in [2.45, 2.75) is 26.3 Å². The maximum atomic E-state index is 13.4. The number of likely N-dealkylation sites (N-methyl/N-ethyl adjacent to an activating group) is 1. The first-order chi connectivity index (χ1) is 14.3. The average Bonchev–Trinajstić information content (AvgIpc) is 3.16. The molecule has 3 rings (SSSR count). The lowest BCUT2D eigenvalue weighted by atomic mass is 9.96. The van der Waals surface area contributed by atoms with Gasteiger partial charge in [0.05, 0.1) is 11.8 Å². The van der Waals surface area contributed by atoms with Crippen LogP contribution in [0.1, 0.15) is 34.7 Å². The molecule has 0 spiro atoms. The molecule has 0 radical (unpaired) electrons. The van der Waals surface area contributed by atoms with E-state index in [9.17, 15) is 14.0 Å². The van der Waals surface area contributed by atoms with Crippen LogP contribution in [0.15, 0.2) is 47.6 Å². The van der Waals surface area contributed by atoms with Crippen LogP contribution in [0.3, 0.4) is 0 Å². The van der Waals surface area contributed by atoms with Gasteiger partial charge < -0.3 is 9.64 Å². The summed E-state index contributed by atoms with van der Waals surface area (Å²) in [4.78, 5) is 26.3. The molecule has 0 aromatic heterocycles. The predicted molar refractivity (Wildman–Crippen MR) is 113 cm³/mol. The number of hydrogen-bond donors (Lipinski definition) is 0. The number of rotatable bonds is 6. The second kappa shape index (κ2) is 9.17. The summed E-state index contributed by atoms with van der Waals surface area (Å²) in [5, 5.41) is 6.02. The Bertz CT molecular complexity index is 972. The minimum absolute atomic E-state index is 0.0949. The lowest BCUT2D eigenvalue weighted by Gasteiger charge is -2.24. The van der Waals surface area contributed by atoms with Gasteiger partial charge in [-0.2, -0.15) is 5.10 Å². The minimum Gasteiger partial charge on any atom is -0.375 e. The molecule has 158 valence electrons. The Morgan fingerprint density at radius 2 is 1.87 bits per heavy atom. The zero-order chi connectivity index (χ0) is 21.8. The fraction of sp³-hybridized carbons (Fsp3) is 0.348. The van der Waals surface area contributed by atoms with Crippen molar-refractivity contribution in [2.24, 2.45) is 5.10 Å². The molecule has 1 aliphatic rings. The average molecular weight is 411 g/mol. The number of nitrogens with zero attached hydrogens (tertiary/aromatic N) is 3. The molecule has 6 nitrogen and oxygen atoms in total. The van der Waals surface area contributed by atoms with Crippen LogP contribution in [-0.4, -0.2) is 54.7 Å². The molecule has 2 amide bonds. The van der Waals surface area contributed by atoms with Crippen molar-refractivity contribution < 1.29 is 18.7 Å². The number of aryl methyl sites for hydroxylation is 2. The standard InChI is InChI=1S/C23H26FN3O3/c1-15-5-6-18(11-16(15)2)20-12-21(17-7-9-19(24)10-8-17)27(25-20)22(28)13-26(3)23(29)14-30-4/h5-11,21H,12-14H2,1-4H3/t21-/m0/s1. The van der Waals surface area contributed by atoms with Crippen molar-refractivity contribution in [1.29, 1.82) is 0 Å². The predicted octanol–water partition coefficient (Wildman–Crippen LogP) is 3.23. The molecule has 1 atom stereocenters. The Hall–Kier alpha value is -3.06. The molecule has 1 aliphatic heterocycles. The maximum Gasteiger partial charge on any atom is 0.262 e. The molecule has 2 aromatic carbocycles. The van der Waals surface area contributed by atoms with Gasteiger partial charge in [-0.05, 0) is 54.3 Å². The number of hydrazone groups is 1. The van der Waals surface area contributed by atoms with Crippen LogP contribution < -0.4 is 0 Å². The topological polar surface area (TPSA) is 62.2 Å². The molecule has 0 fully saturated rings. The van der Waals surface area contributed by atoms with Gasteiger partial charge in [0.1, 0.15) is 19.0 Å². The van der Waals surface area contributed by atoms with E-state index in [2.05, 4.69) is 11.2 Å². The van der Waals surface area contributed by atoms with Crippen LogP contribution in [0.2, 0.25) is 0 Å². The van der Waals surface area contributed by atoms with Gasteiger partial charge in [-0.15, -0.1) is 0 Å². The van der Waals surface area contributed by atoms with E-state index < -0.39 is 0 Å². The summed E-state index contributed by atoms with van der Waals surface area (Å²) >= 11 is 0. The van der Waals surface area contributed by atoms with Crippen LogP contribution in [-0.2, 0) is 14.3 Å². The highest BCUT2D eigenvalue weighted by atomic mass is 19.1. The van der Waals surface area contributed by atoms with Gasteiger partial charge in [0.15, 0.2) is 0 Å². The highest BCUT2D eigenvalue weighted by Gasteiger charge is 2.34.